The highest BCUT2D eigenvalue weighted by Gasteiger charge is 2.27. The minimum absolute atomic E-state index is 0.0436. The van der Waals surface area contributed by atoms with Crippen molar-refractivity contribution in [2.75, 3.05) is 6.61 Å². The van der Waals surface area contributed by atoms with Crippen LogP contribution in [-0.2, 0) is 9.53 Å². The number of ether oxygens (including phenoxy) is 1. The molecule has 1 N–H and O–H groups in total. The van der Waals surface area contributed by atoms with Crippen molar-refractivity contribution in [3.05, 3.63) is 55.9 Å². The molecule has 0 saturated carbocycles. The highest BCUT2D eigenvalue weighted by Crippen LogP contribution is 2.38. The molecule has 0 aromatic carbocycles. The van der Waals surface area contributed by atoms with E-state index in [9.17, 15) is 15.2 Å². The van der Waals surface area contributed by atoms with E-state index in [4.69, 9.17) is 4.74 Å². The van der Waals surface area contributed by atoms with Crippen LogP contribution < -0.4 is 5.32 Å². The molecular formula is C16H19N2O4S-. The van der Waals surface area contributed by atoms with Crippen molar-refractivity contribution in [1.29, 1.82) is 0 Å². The summed E-state index contributed by atoms with van der Waals surface area (Å²) in [6.07, 6.45) is 9.04. The average Bonchev–Trinajstić information content (AvgIpc) is 2.97. The van der Waals surface area contributed by atoms with Gasteiger partial charge >= 0.3 is 5.97 Å². The van der Waals surface area contributed by atoms with E-state index >= 15 is 0 Å². The Morgan fingerprint density at radius 2 is 1.96 bits per heavy atom. The van der Waals surface area contributed by atoms with Gasteiger partial charge in [0.2, 0.25) is 5.71 Å². The molecule has 0 fully saturated rings. The minimum atomic E-state index is -0.432. The van der Waals surface area contributed by atoms with Crippen molar-refractivity contribution in [1.82, 2.24) is 5.32 Å². The molecule has 1 heterocycles. The number of carbonyl (C=O) groups is 1. The number of hydrogen-bond acceptors (Lipinski definition) is 6. The smallest absolute Gasteiger partial charge is 0.346 e. The van der Waals surface area contributed by atoms with Crippen molar-refractivity contribution in [3.63, 3.8) is 0 Å². The van der Waals surface area contributed by atoms with Gasteiger partial charge in [-0.1, -0.05) is 25.1 Å². The molecule has 0 aromatic heterocycles. The van der Waals surface area contributed by atoms with Gasteiger partial charge in [0.1, 0.15) is 4.91 Å². The molecule has 0 unspecified atom stereocenters. The molecule has 0 spiro atoms. The standard InChI is InChI=1S/C16H19N2O4S/c1-3-5-6-13-14(16(19)22-4-2)23-15(17-13)11-7-9-12(10-8-11)18(20)21/h7-10H,3-6H2,1-2H3,(H-,17,19,20,21)/q-1. The summed E-state index contributed by atoms with van der Waals surface area (Å²) in [5.41, 5.74) is 1.72. The molecule has 0 aromatic rings. The lowest BCUT2D eigenvalue weighted by Gasteiger charge is -2.10. The normalized spacial score (nSPS) is 16.9. The van der Waals surface area contributed by atoms with E-state index in [-0.39, 0.29) is 11.7 Å². The zero-order chi connectivity index (χ0) is 16.8. The van der Waals surface area contributed by atoms with Crippen molar-refractivity contribution >= 4 is 23.4 Å². The van der Waals surface area contributed by atoms with Crippen LogP contribution in [-0.4, -0.2) is 23.2 Å². The third kappa shape index (κ3) is 4.19. The molecule has 23 heavy (non-hydrogen) atoms. The fraction of sp³-hybridized carbons (Fsp3) is 0.375. The number of rotatable bonds is 5. The lowest BCUT2D eigenvalue weighted by atomic mass is 10.1. The van der Waals surface area contributed by atoms with Crippen molar-refractivity contribution in [2.24, 2.45) is 0 Å². The third-order valence-corrected chi connectivity index (χ3v) is 4.48. The molecule has 0 saturated heterocycles. The maximum atomic E-state index is 12.1. The van der Waals surface area contributed by atoms with Crippen molar-refractivity contribution in [2.45, 2.75) is 33.1 Å². The van der Waals surface area contributed by atoms with Gasteiger partial charge in [-0.25, -0.2) is 4.79 Å². The Balaban J connectivity index is 2.22. The zero-order valence-corrected chi connectivity index (χ0v) is 13.9. The second kappa shape index (κ2) is 7.92. The summed E-state index contributed by atoms with van der Waals surface area (Å²) in [5.74, 6) is -0.326. The number of nitrogens with one attached hydrogen (secondary N) is 1. The SMILES string of the molecule is CCCCC1=C(C(=O)OCC)SC(=C2C=CC(=[N+]([O-])[O-])C=C2)N1. The van der Waals surface area contributed by atoms with Crippen LogP contribution in [0.1, 0.15) is 33.1 Å². The summed E-state index contributed by atoms with van der Waals surface area (Å²) in [4.78, 5) is 12.2. The molecule has 0 bridgehead atoms. The largest absolute Gasteiger partial charge is 0.612 e. The fourth-order valence-electron chi connectivity index (χ4n) is 2.14. The topological polar surface area (TPSA) is 87.5 Å². The summed E-state index contributed by atoms with van der Waals surface area (Å²) in [6.45, 7) is 4.20. The fourth-order valence-corrected chi connectivity index (χ4v) is 3.19. The third-order valence-electron chi connectivity index (χ3n) is 3.32. The number of esters is 1. The van der Waals surface area contributed by atoms with Crippen molar-refractivity contribution < 1.29 is 14.4 Å². The van der Waals surface area contributed by atoms with E-state index in [1.807, 2.05) is 0 Å². The first-order valence-electron chi connectivity index (χ1n) is 7.53. The van der Waals surface area contributed by atoms with E-state index in [2.05, 4.69) is 12.2 Å². The molecule has 6 nitrogen and oxygen atoms in total. The quantitative estimate of drug-likeness (QED) is 0.472. The first-order chi connectivity index (χ1) is 11.1. The molecule has 0 atom stereocenters. The molecule has 7 heteroatoms. The minimum Gasteiger partial charge on any atom is -0.612 e. The number of unbranched alkanes of at least 4 members (excludes halogenated alkanes) is 1. The predicted octanol–water partition coefficient (Wildman–Crippen LogP) is 3.07. The molecule has 0 amide bonds. The van der Waals surface area contributed by atoms with E-state index in [0.717, 1.165) is 35.6 Å². The molecule has 1 aliphatic carbocycles. The predicted molar refractivity (Wildman–Crippen MR) is 91.2 cm³/mol. The second-order valence-corrected chi connectivity index (χ2v) is 6.01. The van der Waals surface area contributed by atoms with Gasteiger partial charge < -0.3 is 20.5 Å². The Morgan fingerprint density at radius 1 is 1.26 bits per heavy atom. The Kier molecular flexibility index (Phi) is 5.92. The average molecular weight is 335 g/mol. The summed E-state index contributed by atoms with van der Waals surface area (Å²) in [6, 6.07) is 0. The van der Waals surface area contributed by atoms with Gasteiger partial charge in [-0.3, -0.25) is 0 Å². The van der Waals surface area contributed by atoms with E-state index < -0.39 is 4.90 Å². The number of thioether (sulfide) groups is 1. The Labute approximate surface area is 139 Å². The summed E-state index contributed by atoms with van der Waals surface area (Å²) < 4.78 is 5.11. The lowest BCUT2D eigenvalue weighted by molar-refractivity contribution is -0.377. The number of allylic oxidation sites excluding steroid dienone is 6. The van der Waals surface area contributed by atoms with Crippen LogP contribution in [0.3, 0.4) is 0 Å². The molecule has 124 valence electrons. The summed E-state index contributed by atoms with van der Waals surface area (Å²) in [7, 11) is 0. The van der Waals surface area contributed by atoms with E-state index in [0.29, 0.717) is 11.5 Å². The number of hydrogen-bond donors (Lipinski definition) is 1. The number of nitrogens with zero attached hydrogens (tertiary/aromatic N) is 1. The van der Waals surface area contributed by atoms with Crippen LogP contribution in [0.4, 0.5) is 0 Å². The van der Waals surface area contributed by atoms with E-state index in [1.54, 1.807) is 19.1 Å². The molecule has 1 aliphatic heterocycles. The Morgan fingerprint density at radius 3 is 2.52 bits per heavy atom. The second-order valence-electron chi connectivity index (χ2n) is 4.99. The summed E-state index contributed by atoms with van der Waals surface area (Å²) >= 11 is 1.33. The van der Waals surface area contributed by atoms with Gasteiger partial charge in [-0.2, -0.15) is 4.90 Å². The highest BCUT2D eigenvalue weighted by molar-refractivity contribution is 8.07. The molecule has 2 aliphatic rings. The van der Waals surface area contributed by atoms with Crippen LogP contribution >= 0.6 is 11.8 Å². The van der Waals surface area contributed by atoms with Gasteiger partial charge in [-0.05, 0) is 31.9 Å². The lowest BCUT2D eigenvalue weighted by Crippen LogP contribution is -2.11. The monoisotopic (exact) mass is 335 g/mol. The van der Waals surface area contributed by atoms with E-state index in [1.165, 1.54) is 23.9 Å². The first kappa shape index (κ1) is 17.2. The van der Waals surface area contributed by atoms with Crippen molar-refractivity contribution in [3.8, 4) is 0 Å². The Hall–Kier alpha value is -2.15. The molecule has 0 radical (unpaired) electrons. The number of carbonyl (C=O) groups excluding carboxylic acids is 1. The van der Waals surface area contributed by atoms with Crippen LogP contribution in [0.25, 0.3) is 0 Å². The van der Waals surface area contributed by atoms with Gasteiger partial charge in [0.25, 0.3) is 0 Å². The summed E-state index contributed by atoms with van der Waals surface area (Å²) in [5, 5.41) is 25.5. The van der Waals surface area contributed by atoms with Gasteiger partial charge in [0.15, 0.2) is 0 Å². The maximum Gasteiger partial charge on any atom is 0.346 e. The Bertz CT molecular complexity index is 622. The molecular weight excluding hydrogens is 316 g/mol. The van der Waals surface area contributed by atoms with Gasteiger partial charge in [0.05, 0.1) is 11.6 Å². The molecule has 2 rings (SSSR count). The van der Waals surface area contributed by atoms with Gasteiger partial charge in [-0.15, -0.1) is 0 Å². The maximum absolute atomic E-state index is 12.1. The van der Waals surface area contributed by atoms with Gasteiger partial charge in [0, 0.05) is 23.4 Å². The van der Waals surface area contributed by atoms with Crippen LogP contribution in [0.5, 0.6) is 0 Å². The first-order valence-corrected chi connectivity index (χ1v) is 8.35. The highest BCUT2D eigenvalue weighted by atomic mass is 32.2. The van der Waals surface area contributed by atoms with Crippen LogP contribution in [0, 0.1) is 10.4 Å². The van der Waals surface area contributed by atoms with Crippen LogP contribution in [0.15, 0.2) is 45.5 Å². The zero-order valence-electron chi connectivity index (χ0n) is 13.1. The van der Waals surface area contributed by atoms with Crippen LogP contribution in [0.2, 0.25) is 0 Å².